The van der Waals surface area contributed by atoms with Gasteiger partial charge in [-0.1, -0.05) is 0 Å². The van der Waals surface area contributed by atoms with E-state index in [2.05, 4.69) is 9.97 Å². The molecule has 128 valence electrons. The minimum Gasteiger partial charge on any atom is -0.381 e. The lowest BCUT2D eigenvalue weighted by molar-refractivity contribution is 0.0731. The largest absolute Gasteiger partial charge is 0.381 e. The monoisotopic (exact) mass is 361 g/mol. The van der Waals surface area contributed by atoms with E-state index >= 15 is 0 Å². The average molecular weight is 362 g/mol. The van der Waals surface area contributed by atoms with Crippen LogP contribution in [0.15, 0.2) is 6.07 Å². The number of ether oxygens (including phenoxy) is 2. The van der Waals surface area contributed by atoms with Gasteiger partial charge < -0.3 is 14.4 Å². The van der Waals surface area contributed by atoms with E-state index < -0.39 is 14.6 Å². The second-order valence-electron chi connectivity index (χ2n) is 5.86. The van der Waals surface area contributed by atoms with Gasteiger partial charge in [0.2, 0.25) is 5.28 Å². The Bertz CT molecular complexity index is 671. The number of halogens is 1. The van der Waals surface area contributed by atoms with Crippen LogP contribution in [0.25, 0.3) is 0 Å². The van der Waals surface area contributed by atoms with Gasteiger partial charge in [0.05, 0.1) is 18.9 Å². The SMILES string of the molecule is CS(=O)(=O)C1(c2cc(N3CCOCC3)nc(Cl)n2)CCOCC1. The summed E-state index contributed by atoms with van der Waals surface area (Å²) in [6, 6.07) is 1.75. The quantitative estimate of drug-likeness (QED) is 0.743. The lowest BCUT2D eigenvalue weighted by Gasteiger charge is -2.35. The standard InChI is InChI=1S/C14H20ClN3O4S/c1-23(19,20)14(2-6-21-7-3-14)11-10-12(17-13(15)16-11)18-4-8-22-9-5-18/h10H,2-9H2,1H3. The molecule has 1 aromatic heterocycles. The molecule has 2 saturated heterocycles. The molecule has 0 aliphatic carbocycles. The second-order valence-corrected chi connectivity index (χ2v) is 8.52. The summed E-state index contributed by atoms with van der Waals surface area (Å²) in [5, 5.41) is 0.0681. The summed E-state index contributed by atoms with van der Waals surface area (Å²) in [6.07, 6.45) is 2.01. The van der Waals surface area contributed by atoms with Crippen molar-refractivity contribution in [2.45, 2.75) is 17.6 Å². The highest BCUT2D eigenvalue weighted by Crippen LogP contribution is 2.40. The second kappa shape index (κ2) is 6.51. The Morgan fingerprint density at radius 2 is 1.74 bits per heavy atom. The van der Waals surface area contributed by atoms with E-state index in [1.165, 1.54) is 6.26 Å². The first-order valence-corrected chi connectivity index (χ1v) is 9.84. The molecule has 3 heterocycles. The fourth-order valence-corrected chi connectivity index (χ4v) is 4.68. The van der Waals surface area contributed by atoms with Crippen molar-refractivity contribution in [3.63, 3.8) is 0 Å². The molecule has 9 heteroatoms. The van der Waals surface area contributed by atoms with Gasteiger partial charge >= 0.3 is 0 Å². The molecule has 0 N–H and O–H groups in total. The Hall–Kier alpha value is -0.960. The van der Waals surface area contributed by atoms with E-state index in [0.717, 1.165) is 0 Å². The van der Waals surface area contributed by atoms with Crippen LogP contribution in [0.5, 0.6) is 0 Å². The average Bonchev–Trinajstić information content (AvgIpc) is 2.55. The van der Waals surface area contributed by atoms with E-state index in [4.69, 9.17) is 21.1 Å². The van der Waals surface area contributed by atoms with E-state index in [9.17, 15) is 8.42 Å². The number of nitrogens with zero attached hydrogens (tertiary/aromatic N) is 3. The zero-order chi connectivity index (χ0) is 16.5. The van der Waals surface area contributed by atoms with Gasteiger partial charge in [-0.15, -0.1) is 0 Å². The Morgan fingerprint density at radius 1 is 1.13 bits per heavy atom. The first kappa shape index (κ1) is 16.9. The lowest BCUT2D eigenvalue weighted by Crippen LogP contribution is -2.42. The van der Waals surface area contributed by atoms with Crippen molar-refractivity contribution in [1.29, 1.82) is 0 Å². The zero-order valence-corrected chi connectivity index (χ0v) is 14.6. The molecule has 0 saturated carbocycles. The maximum Gasteiger partial charge on any atom is 0.224 e. The molecule has 0 amide bonds. The van der Waals surface area contributed by atoms with Gasteiger partial charge in [0.1, 0.15) is 10.6 Å². The zero-order valence-electron chi connectivity index (χ0n) is 13.0. The van der Waals surface area contributed by atoms with Crippen LogP contribution in [-0.4, -0.2) is 64.2 Å². The Morgan fingerprint density at radius 3 is 2.35 bits per heavy atom. The molecule has 0 unspecified atom stereocenters. The van der Waals surface area contributed by atoms with Crippen molar-refractivity contribution in [2.75, 3.05) is 50.7 Å². The van der Waals surface area contributed by atoms with Gasteiger partial charge in [-0.3, -0.25) is 0 Å². The summed E-state index contributed by atoms with van der Waals surface area (Å²) >= 11 is 6.09. The van der Waals surface area contributed by atoms with E-state index in [1.54, 1.807) is 6.07 Å². The van der Waals surface area contributed by atoms with Crippen molar-refractivity contribution in [3.05, 3.63) is 17.0 Å². The molecule has 0 radical (unpaired) electrons. The molecule has 2 aliphatic rings. The molecule has 2 aliphatic heterocycles. The highest BCUT2D eigenvalue weighted by molar-refractivity contribution is 7.91. The molecule has 7 nitrogen and oxygen atoms in total. The fraction of sp³-hybridized carbons (Fsp3) is 0.714. The summed E-state index contributed by atoms with van der Waals surface area (Å²) in [4.78, 5) is 10.6. The number of hydrogen-bond donors (Lipinski definition) is 0. The van der Waals surface area contributed by atoms with Crippen LogP contribution in [0, 0.1) is 0 Å². The summed E-state index contributed by atoms with van der Waals surface area (Å²) in [7, 11) is -3.38. The number of anilines is 1. The van der Waals surface area contributed by atoms with Crippen molar-refractivity contribution in [2.24, 2.45) is 0 Å². The summed E-state index contributed by atoms with van der Waals surface area (Å²) in [5.74, 6) is 0.651. The summed E-state index contributed by atoms with van der Waals surface area (Å²) in [6.45, 7) is 3.40. The predicted octanol–water partition coefficient (Wildman–Crippen LogP) is 1.02. The minimum atomic E-state index is -3.38. The maximum atomic E-state index is 12.5. The molecular formula is C14H20ClN3O4S. The van der Waals surface area contributed by atoms with Crippen LogP contribution in [0.4, 0.5) is 5.82 Å². The lowest BCUT2D eigenvalue weighted by atomic mass is 9.94. The third-order valence-corrected chi connectivity index (χ3v) is 6.70. The van der Waals surface area contributed by atoms with Crippen LogP contribution in [0.1, 0.15) is 18.5 Å². The third kappa shape index (κ3) is 3.31. The molecule has 0 bridgehead atoms. The first-order valence-electron chi connectivity index (χ1n) is 7.57. The molecule has 2 fully saturated rings. The number of rotatable bonds is 3. The first-order chi connectivity index (χ1) is 10.9. The van der Waals surface area contributed by atoms with Gasteiger partial charge in [-0.2, -0.15) is 0 Å². The van der Waals surface area contributed by atoms with Crippen LogP contribution >= 0.6 is 11.6 Å². The number of morpholine rings is 1. The molecular weight excluding hydrogens is 342 g/mol. The third-order valence-electron chi connectivity index (χ3n) is 4.50. The highest BCUT2D eigenvalue weighted by Gasteiger charge is 2.45. The van der Waals surface area contributed by atoms with Crippen LogP contribution < -0.4 is 4.90 Å². The van der Waals surface area contributed by atoms with Crippen molar-refractivity contribution >= 4 is 27.3 Å². The van der Waals surface area contributed by atoms with Crippen molar-refractivity contribution in [3.8, 4) is 0 Å². The van der Waals surface area contributed by atoms with Gasteiger partial charge in [0.15, 0.2) is 9.84 Å². The maximum absolute atomic E-state index is 12.5. The number of aromatic nitrogens is 2. The molecule has 0 atom stereocenters. The smallest absolute Gasteiger partial charge is 0.224 e. The van der Waals surface area contributed by atoms with Crippen molar-refractivity contribution < 1.29 is 17.9 Å². The van der Waals surface area contributed by atoms with E-state index in [-0.39, 0.29) is 5.28 Å². The summed E-state index contributed by atoms with van der Waals surface area (Å²) < 4.78 is 34.7. The molecule has 3 rings (SSSR count). The van der Waals surface area contributed by atoms with Crippen LogP contribution in [-0.2, 0) is 24.1 Å². The van der Waals surface area contributed by atoms with Crippen molar-refractivity contribution in [1.82, 2.24) is 9.97 Å². The van der Waals surface area contributed by atoms with Crippen LogP contribution in [0.2, 0.25) is 5.28 Å². The number of hydrogen-bond acceptors (Lipinski definition) is 7. The fourth-order valence-electron chi connectivity index (χ4n) is 3.11. The normalized spacial score (nSPS) is 22.1. The Kier molecular flexibility index (Phi) is 4.78. The Balaban J connectivity index is 2.04. The van der Waals surface area contributed by atoms with Gasteiger partial charge in [0, 0.05) is 38.6 Å². The number of sulfone groups is 1. The van der Waals surface area contributed by atoms with Gasteiger partial charge in [0.25, 0.3) is 0 Å². The summed E-state index contributed by atoms with van der Waals surface area (Å²) in [5.41, 5.74) is 0.463. The molecule has 1 aromatic rings. The van der Waals surface area contributed by atoms with Crippen LogP contribution in [0.3, 0.4) is 0 Å². The molecule has 23 heavy (non-hydrogen) atoms. The molecule has 0 spiro atoms. The van der Waals surface area contributed by atoms with E-state index in [0.29, 0.717) is 63.9 Å². The minimum absolute atomic E-state index is 0.0681. The van der Waals surface area contributed by atoms with E-state index in [1.807, 2.05) is 4.90 Å². The highest BCUT2D eigenvalue weighted by atomic mass is 35.5. The van der Waals surface area contributed by atoms with Gasteiger partial charge in [-0.25, -0.2) is 18.4 Å². The Labute approximate surface area is 140 Å². The predicted molar refractivity (Wildman–Crippen MR) is 86.6 cm³/mol. The topological polar surface area (TPSA) is 81.6 Å². The van der Waals surface area contributed by atoms with Gasteiger partial charge in [-0.05, 0) is 24.4 Å². The molecule has 0 aromatic carbocycles.